The molecule has 0 unspecified atom stereocenters. The molecule has 0 aliphatic rings. The van der Waals surface area contributed by atoms with Crippen molar-refractivity contribution >= 4 is 21.7 Å². The molecule has 21 heavy (non-hydrogen) atoms. The lowest BCUT2D eigenvalue weighted by Crippen LogP contribution is -2.15. The smallest absolute Gasteiger partial charge is 0.307 e. The summed E-state index contributed by atoms with van der Waals surface area (Å²) in [4.78, 5) is 10.6. The zero-order chi connectivity index (χ0) is 15.3. The van der Waals surface area contributed by atoms with E-state index in [1.807, 2.05) is 6.07 Å². The Bertz CT molecular complexity index is 709. The Labute approximate surface area is 123 Å². The van der Waals surface area contributed by atoms with E-state index in [0.29, 0.717) is 16.8 Å². The number of rotatable bonds is 6. The molecular weight excluding hydrogens is 290 g/mol. The average Bonchev–Trinajstić information content (AvgIpc) is 2.40. The van der Waals surface area contributed by atoms with Crippen LogP contribution in [0.4, 0.5) is 5.69 Å². The van der Waals surface area contributed by atoms with Crippen LogP contribution in [0.15, 0.2) is 54.6 Å². The number of hydrogen-bond acceptors (Lipinski definition) is 3. The van der Waals surface area contributed by atoms with Crippen LogP contribution < -0.4 is 4.72 Å². The van der Waals surface area contributed by atoms with Crippen molar-refractivity contribution in [1.29, 1.82) is 0 Å². The lowest BCUT2D eigenvalue weighted by atomic mass is 10.1. The van der Waals surface area contributed by atoms with E-state index in [9.17, 15) is 13.2 Å². The number of carbonyl (C=O) groups is 1. The highest BCUT2D eigenvalue weighted by molar-refractivity contribution is 7.91. The zero-order valence-corrected chi connectivity index (χ0v) is 12.0. The first-order chi connectivity index (χ1) is 9.94. The quantitative estimate of drug-likeness (QED) is 0.857. The summed E-state index contributed by atoms with van der Waals surface area (Å²) in [6.45, 7) is 0. The third-order valence-electron chi connectivity index (χ3n) is 2.78. The lowest BCUT2D eigenvalue weighted by molar-refractivity contribution is -0.136. The highest BCUT2D eigenvalue weighted by atomic mass is 32.2. The van der Waals surface area contributed by atoms with Gasteiger partial charge in [0, 0.05) is 5.69 Å². The van der Waals surface area contributed by atoms with Crippen LogP contribution in [0.25, 0.3) is 0 Å². The van der Waals surface area contributed by atoms with Gasteiger partial charge in [-0.25, -0.2) is 8.42 Å². The van der Waals surface area contributed by atoms with Crippen molar-refractivity contribution in [2.75, 3.05) is 4.72 Å². The van der Waals surface area contributed by atoms with Gasteiger partial charge in [0.25, 0.3) is 0 Å². The minimum atomic E-state index is -3.49. The second-order valence-electron chi connectivity index (χ2n) is 4.61. The van der Waals surface area contributed by atoms with Crippen LogP contribution in [-0.2, 0) is 27.0 Å². The third kappa shape index (κ3) is 4.92. The standard InChI is InChI=1S/C15H15NO4S/c17-15(18)10-12-6-8-14(9-7-12)16-21(19,20)11-13-4-2-1-3-5-13/h1-9,16H,10-11H2,(H,17,18). The van der Waals surface area contributed by atoms with E-state index in [1.165, 1.54) is 0 Å². The summed E-state index contributed by atoms with van der Waals surface area (Å²) < 4.78 is 26.5. The number of benzene rings is 2. The highest BCUT2D eigenvalue weighted by Crippen LogP contribution is 2.14. The van der Waals surface area contributed by atoms with Gasteiger partial charge in [0.05, 0.1) is 12.2 Å². The summed E-state index contributed by atoms with van der Waals surface area (Å²) >= 11 is 0. The molecule has 6 heteroatoms. The van der Waals surface area contributed by atoms with E-state index >= 15 is 0 Å². The van der Waals surface area contributed by atoms with Crippen molar-refractivity contribution in [3.8, 4) is 0 Å². The Balaban J connectivity index is 2.05. The molecule has 2 aromatic carbocycles. The number of anilines is 1. The van der Waals surface area contributed by atoms with Crippen LogP contribution in [0.2, 0.25) is 0 Å². The first-order valence-electron chi connectivity index (χ1n) is 6.30. The predicted molar refractivity (Wildman–Crippen MR) is 80.5 cm³/mol. The SMILES string of the molecule is O=C(O)Cc1ccc(NS(=O)(=O)Cc2ccccc2)cc1. The van der Waals surface area contributed by atoms with Gasteiger partial charge in [-0.1, -0.05) is 42.5 Å². The van der Waals surface area contributed by atoms with Gasteiger partial charge in [-0.3, -0.25) is 9.52 Å². The van der Waals surface area contributed by atoms with Crippen molar-refractivity contribution in [3.05, 3.63) is 65.7 Å². The summed E-state index contributed by atoms with van der Waals surface area (Å²) in [6, 6.07) is 15.2. The van der Waals surface area contributed by atoms with E-state index in [-0.39, 0.29) is 12.2 Å². The Morgan fingerprint density at radius 3 is 2.14 bits per heavy atom. The molecule has 0 bridgehead atoms. The van der Waals surface area contributed by atoms with Gasteiger partial charge in [0.1, 0.15) is 0 Å². The summed E-state index contributed by atoms with van der Waals surface area (Å²) in [5.74, 6) is -1.03. The van der Waals surface area contributed by atoms with Gasteiger partial charge in [-0.05, 0) is 23.3 Å². The molecule has 0 aromatic heterocycles. The van der Waals surface area contributed by atoms with Gasteiger partial charge in [-0.2, -0.15) is 0 Å². The number of nitrogens with one attached hydrogen (secondary N) is 1. The summed E-state index contributed by atoms with van der Waals surface area (Å²) in [5.41, 5.74) is 1.74. The first-order valence-corrected chi connectivity index (χ1v) is 7.95. The molecule has 0 saturated carbocycles. The normalized spacial score (nSPS) is 11.0. The maximum atomic E-state index is 12.0. The molecule has 0 saturated heterocycles. The molecule has 2 N–H and O–H groups in total. The van der Waals surface area contributed by atoms with Crippen LogP contribution in [0, 0.1) is 0 Å². The van der Waals surface area contributed by atoms with Crippen molar-refractivity contribution in [2.24, 2.45) is 0 Å². The molecule has 0 atom stereocenters. The molecule has 0 aliphatic heterocycles. The van der Waals surface area contributed by atoms with Crippen molar-refractivity contribution < 1.29 is 18.3 Å². The van der Waals surface area contributed by atoms with Crippen molar-refractivity contribution in [1.82, 2.24) is 0 Å². The van der Waals surface area contributed by atoms with Gasteiger partial charge < -0.3 is 5.11 Å². The maximum Gasteiger partial charge on any atom is 0.307 e. The Kier molecular flexibility index (Phi) is 4.59. The average molecular weight is 305 g/mol. The van der Waals surface area contributed by atoms with E-state index < -0.39 is 16.0 Å². The summed E-state index contributed by atoms with van der Waals surface area (Å²) in [5, 5.41) is 8.68. The number of hydrogen-bond donors (Lipinski definition) is 2. The molecule has 0 fully saturated rings. The minimum Gasteiger partial charge on any atom is -0.481 e. The molecule has 2 aromatic rings. The van der Waals surface area contributed by atoms with Crippen LogP contribution in [0.5, 0.6) is 0 Å². The molecule has 0 radical (unpaired) electrons. The molecule has 110 valence electrons. The van der Waals surface area contributed by atoms with Crippen LogP contribution in [0.1, 0.15) is 11.1 Å². The fourth-order valence-corrected chi connectivity index (χ4v) is 3.07. The number of sulfonamides is 1. The largest absolute Gasteiger partial charge is 0.481 e. The molecule has 0 spiro atoms. The first kappa shape index (κ1) is 15.1. The summed E-state index contributed by atoms with van der Waals surface area (Å²) in [7, 11) is -3.49. The molecule has 0 heterocycles. The second-order valence-corrected chi connectivity index (χ2v) is 6.34. The van der Waals surface area contributed by atoms with Crippen LogP contribution >= 0.6 is 0 Å². The molecule has 0 aliphatic carbocycles. The van der Waals surface area contributed by atoms with Gasteiger partial charge in [0.15, 0.2) is 0 Å². The van der Waals surface area contributed by atoms with Gasteiger partial charge in [0.2, 0.25) is 10.0 Å². The Morgan fingerprint density at radius 2 is 1.57 bits per heavy atom. The molecule has 5 nitrogen and oxygen atoms in total. The number of carboxylic acid groups (broad SMARTS) is 1. The topological polar surface area (TPSA) is 83.5 Å². The lowest BCUT2D eigenvalue weighted by Gasteiger charge is -2.08. The van der Waals surface area contributed by atoms with Crippen LogP contribution in [0.3, 0.4) is 0 Å². The fraction of sp³-hybridized carbons (Fsp3) is 0.133. The van der Waals surface area contributed by atoms with E-state index in [0.717, 1.165) is 0 Å². The minimum absolute atomic E-state index is 0.0863. The van der Waals surface area contributed by atoms with E-state index in [2.05, 4.69) is 4.72 Å². The van der Waals surface area contributed by atoms with Crippen molar-refractivity contribution in [3.63, 3.8) is 0 Å². The Morgan fingerprint density at radius 1 is 0.952 bits per heavy atom. The zero-order valence-electron chi connectivity index (χ0n) is 11.2. The number of aliphatic carboxylic acids is 1. The Hall–Kier alpha value is -2.34. The van der Waals surface area contributed by atoms with Crippen LogP contribution in [-0.4, -0.2) is 19.5 Å². The van der Waals surface area contributed by atoms with Crippen molar-refractivity contribution in [2.45, 2.75) is 12.2 Å². The predicted octanol–water partition coefficient (Wildman–Crippen LogP) is 2.26. The van der Waals surface area contributed by atoms with Gasteiger partial charge >= 0.3 is 5.97 Å². The maximum absolute atomic E-state index is 12.0. The second kappa shape index (κ2) is 6.41. The fourth-order valence-electron chi connectivity index (χ4n) is 1.87. The summed E-state index contributed by atoms with van der Waals surface area (Å²) in [6.07, 6.45) is -0.0863. The monoisotopic (exact) mass is 305 g/mol. The highest BCUT2D eigenvalue weighted by Gasteiger charge is 2.11. The van der Waals surface area contributed by atoms with E-state index in [1.54, 1.807) is 48.5 Å². The van der Waals surface area contributed by atoms with E-state index in [4.69, 9.17) is 5.11 Å². The molecular formula is C15H15NO4S. The molecule has 0 amide bonds. The van der Waals surface area contributed by atoms with Gasteiger partial charge in [-0.15, -0.1) is 0 Å². The number of carboxylic acids is 1. The molecule has 2 rings (SSSR count). The third-order valence-corrected chi connectivity index (χ3v) is 4.04.